The van der Waals surface area contributed by atoms with E-state index in [4.69, 9.17) is 8.80 Å². The largest absolute Gasteiger partial charge is 0.508 e. The topological polar surface area (TPSA) is 144 Å². The number of ketones is 3. The zero-order valence-corrected chi connectivity index (χ0v) is 19.0. The average Bonchev–Trinajstić information content (AvgIpc) is 2.70. The SMILES string of the molecule is CC(=O)c1cc(C)c(O)c2c1C[C@H]1C[C@H]3CC=C(C(N)=O)C(=O)[C@@]3(OI)C(O)=C1C2=O. The van der Waals surface area contributed by atoms with E-state index in [0.29, 0.717) is 23.1 Å². The lowest BCUT2D eigenvalue weighted by Crippen LogP contribution is -2.56. The van der Waals surface area contributed by atoms with Gasteiger partial charge in [-0.3, -0.25) is 22.2 Å². The van der Waals surface area contributed by atoms with Crippen LogP contribution in [0.3, 0.4) is 0 Å². The second-order valence-electron chi connectivity index (χ2n) is 8.28. The Kier molecular flexibility index (Phi) is 5.08. The molecule has 0 fully saturated rings. The van der Waals surface area contributed by atoms with Gasteiger partial charge in [0.05, 0.1) is 11.1 Å². The maximum Gasteiger partial charge on any atom is 0.252 e. The summed E-state index contributed by atoms with van der Waals surface area (Å²) in [6, 6.07) is 1.56. The summed E-state index contributed by atoms with van der Waals surface area (Å²) >= 11 is 1.49. The van der Waals surface area contributed by atoms with E-state index in [1.165, 1.54) is 36.0 Å². The molecule has 8 nitrogen and oxygen atoms in total. The number of hydrogen-bond donors (Lipinski definition) is 3. The number of Topliss-reactive ketones (excluding diaryl/α,β-unsaturated/α-hetero) is 3. The average molecular weight is 537 g/mol. The maximum absolute atomic E-state index is 13.5. The van der Waals surface area contributed by atoms with Gasteiger partial charge in [0.1, 0.15) is 34.5 Å². The molecule has 1 amide bonds. The number of benzene rings is 1. The van der Waals surface area contributed by atoms with E-state index in [-0.39, 0.29) is 41.1 Å². The minimum absolute atomic E-state index is 0.0325. The van der Waals surface area contributed by atoms with Crippen LogP contribution in [0.25, 0.3) is 0 Å². The summed E-state index contributed by atoms with van der Waals surface area (Å²) in [5.74, 6) is -4.41. The molecule has 4 rings (SSSR count). The smallest absolute Gasteiger partial charge is 0.252 e. The molecule has 0 radical (unpaired) electrons. The zero-order valence-electron chi connectivity index (χ0n) is 16.8. The molecule has 9 heteroatoms. The third kappa shape index (κ3) is 2.82. The van der Waals surface area contributed by atoms with Gasteiger partial charge in [0, 0.05) is 17.1 Å². The van der Waals surface area contributed by atoms with Crippen LogP contribution in [0, 0.1) is 18.8 Å². The Bertz CT molecular complexity index is 1150. The zero-order chi connectivity index (χ0) is 22.8. The first kappa shape index (κ1) is 21.7. The van der Waals surface area contributed by atoms with Gasteiger partial charge >= 0.3 is 0 Å². The minimum atomic E-state index is -1.90. The molecular weight excluding hydrogens is 517 g/mol. The highest BCUT2D eigenvalue weighted by atomic mass is 127. The van der Waals surface area contributed by atoms with Gasteiger partial charge in [0.2, 0.25) is 11.4 Å². The summed E-state index contributed by atoms with van der Waals surface area (Å²) in [5.41, 5.74) is 4.23. The molecule has 0 heterocycles. The normalized spacial score (nSPS) is 27.3. The van der Waals surface area contributed by atoms with E-state index in [1.54, 1.807) is 13.0 Å². The lowest BCUT2D eigenvalue weighted by Gasteiger charge is -2.46. The molecule has 0 saturated carbocycles. The predicted octanol–water partition coefficient (Wildman–Crippen LogP) is 2.58. The van der Waals surface area contributed by atoms with Gasteiger partial charge in [-0.15, -0.1) is 0 Å². The van der Waals surface area contributed by atoms with Crippen LogP contribution in [0.15, 0.2) is 29.0 Å². The Balaban J connectivity index is 1.97. The molecule has 1 aromatic rings. The molecule has 0 bridgehead atoms. The van der Waals surface area contributed by atoms with Crippen molar-refractivity contribution in [2.24, 2.45) is 17.6 Å². The fourth-order valence-corrected chi connectivity index (χ4v) is 5.91. The monoisotopic (exact) mass is 537 g/mol. The van der Waals surface area contributed by atoms with Crippen LogP contribution < -0.4 is 5.73 Å². The number of aliphatic hydroxyl groups is 1. The van der Waals surface area contributed by atoms with Crippen LogP contribution in [0.4, 0.5) is 0 Å². The van der Waals surface area contributed by atoms with Crippen LogP contribution in [0.5, 0.6) is 5.75 Å². The summed E-state index contributed by atoms with van der Waals surface area (Å²) in [6.45, 7) is 2.97. The van der Waals surface area contributed by atoms with Crippen molar-refractivity contribution in [3.63, 3.8) is 0 Å². The molecule has 162 valence electrons. The second kappa shape index (κ2) is 7.27. The minimum Gasteiger partial charge on any atom is -0.508 e. The maximum atomic E-state index is 13.5. The van der Waals surface area contributed by atoms with Gasteiger partial charge in [0.15, 0.2) is 11.6 Å². The highest BCUT2D eigenvalue weighted by molar-refractivity contribution is 14.1. The summed E-state index contributed by atoms with van der Waals surface area (Å²) in [5, 5.41) is 21.8. The fraction of sp³-hybridized carbons (Fsp3) is 0.364. The van der Waals surface area contributed by atoms with Gasteiger partial charge in [-0.1, -0.05) is 6.08 Å². The number of hydrogen-bond acceptors (Lipinski definition) is 7. The van der Waals surface area contributed by atoms with E-state index in [9.17, 15) is 29.4 Å². The number of aromatic hydroxyl groups is 1. The Labute approximate surface area is 191 Å². The van der Waals surface area contributed by atoms with Gasteiger partial charge < -0.3 is 15.9 Å². The fourth-order valence-electron chi connectivity index (χ4n) is 5.15. The molecule has 1 aromatic carbocycles. The lowest BCUT2D eigenvalue weighted by molar-refractivity contribution is -0.136. The van der Waals surface area contributed by atoms with Crippen LogP contribution in [0.1, 0.15) is 51.6 Å². The third-order valence-corrected chi connectivity index (χ3v) is 7.33. The highest BCUT2D eigenvalue weighted by Crippen LogP contribution is 2.53. The van der Waals surface area contributed by atoms with Crippen molar-refractivity contribution in [2.45, 2.75) is 38.7 Å². The number of aliphatic hydroxyl groups excluding tert-OH is 1. The number of phenols is 1. The lowest BCUT2D eigenvalue weighted by atomic mass is 9.60. The van der Waals surface area contributed by atoms with Gasteiger partial charge in [0.25, 0.3) is 5.91 Å². The molecule has 0 saturated heterocycles. The summed E-state index contributed by atoms with van der Waals surface area (Å²) in [7, 11) is 0. The van der Waals surface area contributed by atoms with Crippen molar-refractivity contribution in [1.82, 2.24) is 0 Å². The molecule has 31 heavy (non-hydrogen) atoms. The van der Waals surface area contributed by atoms with E-state index in [1.807, 2.05) is 0 Å². The Hall–Kier alpha value is -2.53. The first-order chi connectivity index (χ1) is 14.6. The number of aryl methyl sites for hydroxylation is 1. The molecule has 4 N–H and O–H groups in total. The molecule has 0 unspecified atom stereocenters. The van der Waals surface area contributed by atoms with E-state index in [0.717, 1.165) is 0 Å². The molecule has 3 aliphatic carbocycles. The number of carbonyl (C=O) groups is 4. The second-order valence-corrected chi connectivity index (χ2v) is 8.72. The Morgan fingerprint density at radius 2 is 1.97 bits per heavy atom. The first-order valence-electron chi connectivity index (χ1n) is 9.75. The van der Waals surface area contributed by atoms with Crippen molar-refractivity contribution < 1.29 is 32.5 Å². The number of rotatable bonds is 3. The number of nitrogens with two attached hydrogens (primary N) is 1. The Morgan fingerprint density at radius 1 is 1.29 bits per heavy atom. The van der Waals surface area contributed by atoms with Crippen molar-refractivity contribution in [2.75, 3.05) is 0 Å². The van der Waals surface area contributed by atoms with Gasteiger partial charge in [-0.05, 0) is 56.2 Å². The van der Waals surface area contributed by atoms with Crippen molar-refractivity contribution >= 4 is 46.3 Å². The van der Waals surface area contributed by atoms with Crippen LogP contribution in [-0.4, -0.2) is 39.1 Å². The summed E-state index contributed by atoms with van der Waals surface area (Å²) < 4.78 is 5.48. The molecule has 0 aliphatic heterocycles. The summed E-state index contributed by atoms with van der Waals surface area (Å²) in [6.07, 6.45) is 2.25. The molecule has 0 spiro atoms. The molecule has 0 aromatic heterocycles. The van der Waals surface area contributed by atoms with Crippen molar-refractivity contribution in [3.05, 3.63) is 51.3 Å². The number of primary amides is 1. The van der Waals surface area contributed by atoms with Crippen LogP contribution >= 0.6 is 23.0 Å². The molecule has 3 aliphatic rings. The van der Waals surface area contributed by atoms with Gasteiger partial charge in [-0.25, -0.2) is 0 Å². The highest BCUT2D eigenvalue weighted by Gasteiger charge is 2.60. The number of carbonyl (C=O) groups excluding carboxylic acids is 4. The summed E-state index contributed by atoms with van der Waals surface area (Å²) in [4.78, 5) is 50.6. The van der Waals surface area contributed by atoms with Crippen molar-refractivity contribution in [3.8, 4) is 5.75 Å². The van der Waals surface area contributed by atoms with Crippen LogP contribution in [-0.2, 0) is 19.1 Å². The Morgan fingerprint density at radius 3 is 2.55 bits per heavy atom. The van der Waals surface area contributed by atoms with E-state index < -0.39 is 40.7 Å². The number of fused-ring (bicyclic) bond motifs is 3. The number of halogens is 1. The predicted molar refractivity (Wildman–Crippen MR) is 117 cm³/mol. The number of phenolic OH excluding ortho intramolecular Hbond substituents is 1. The molecule has 3 atom stereocenters. The van der Waals surface area contributed by atoms with E-state index >= 15 is 0 Å². The van der Waals surface area contributed by atoms with Crippen LogP contribution in [0.2, 0.25) is 0 Å². The molecular formula is C22H20INO7. The third-order valence-electron chi connectivity index (χ3n) is 6.63. The van der Waals surface area contributed by atoms with E-state index in [2.05, 4.69) is 0 Å². The quantitative estimate of drug-likeness (QED) is 0.306. The number of allylic oxidation sites excluding steroid dienone is 2. The standard InChI is InChI=1S/C22H20INO7/c1-8-5-13(9(2)25)14-7-10-6-11-3-4-12(21(24)30)19(28)22(11,31-23)20(29)15(10)18(27)16(14)17(8)26/h4-5,10-11,26,29H,3,6-7H2,1-2H3,(H2,24,30)/t10-,11-,22-/m1/s1. The first-order valence-corrected chi connectivity index (χ1v) is 10.6. The number of amides is 1. The van der Waals surface area contributed by atoms with Crippen molar-refractivity contribution in [1.29, 1.82) is 0 Å². The van der Waals surface area contributed by atoms with Gasteiger partial charge in [-0.2, -0.15) is 0 Å².